The Hall–Kier alpha value is -0.980. The zero-order valence-corrected chi connectivity index (χ0v) is 10.9. The molecule has 2 heterocycles. The molecule has 5 nitrogen and oxygen atoms in total. The van der Waals surface area contributed by atoms with E-state index in [1.807, 2.05) is 13.8 Å². The number of aromatic nitrogens is 1. The number of hydrogen-bond acceptors (Lipinski definition) is 5. The topological polar surface area (TPSA) is 63.2 Å². The molecule has 0 radical (unpaired) electrons. The zero-order chi connectivity index (χ0) is 12.3. The molecule has 2 rings (SSSR count). The number of aryl methyl sites for hydroxylation is 2. The first-order valence-electron chi connectivity index (χ1n) is 5.71. The number of carbonyl (C=O) groups is 1. The molecule has 17 heavy (non-hydrogen) atoms. The van der Waals surface area contributed by atoms with Gasteiger partial charge in [-0.05, 0) is 13.8 Å². The molecule has 2 N–H and O–H groups in total. The van der Waals surface area contributed by atoms with Crippen LogP contribution in [0.2, 0.25) is 0 Å². The number of rotatable bonds is 3. The second-order valence-electron chi connectivity index (χ2n) is 4.11. The standard InChI is InChI=1S/C11H17N3O2S/c1-7-8(2)17-11(13-7)14-10(15)5-9-6-12-3-4-16-9/h9,12H,3-6H2,1-2H3,(H,13,14,15). The fourth-order valence-electron chi connectivity index (χ4n) is 1.65. The van der Waals surface area contributed by atoms with Crippen molar-refractivity contribution in [2.24, 2.45) is 0 Å². The highest BCUT2D eigenvalue weighted by atomic mass is 32.1. The van der Waals surface area contributed by atoms with Crippen molar-refractivity contribution in [1.29, 1.82) is 0 Å². The Morgan fingerprint density at radius 2 is 2.47 bits per heavy atom. The van der Waals surface area contributed by atoms with Crippen molar-refractivity contribution in [3.05, 3.63) is 10.6 Å². The molecule has 1 aromatic heterocycles. The first-order chi connectivity index (χ1) is 8.15. The van der Waals surface area contributed by atoms with Gasteiger partial charge in [0.25, 0.3) is 0 Å². The molecule has 0 saturated carbocycles. The van der Waals surface area contributed by atoms with E-state index in [0.29, 0.717) is 18.2 Å². The first kappa shape index (κ1) is 12.5. The summed E-state index contributed by atoms with van der Waals surface area (Å²) in [5.74, 6) is -0.0348. The van der Waals surface area contributed by atoms with Gasteiger partial charge in [-0.3, -0.25) is 4.79 Å². The van der Waals surface area contributed by atoms with Crippen LogP contribution in [0.25, 0.3) is 0 Å². The van der Waals surface area contributed by atoms with Crippen LogP contribution in [0.3, 0.4) is 0 Å². The molecule has 94 valence electrons. The number of nitrogens with one attached hydrogen (secondary N) is 2. The molecule has 6 heteroatoms. The molecule has 0 aliphatic carbocycles. The number of thiazole rings is 1. The van der Waals surface area contributed by atoms with Gasteiger partial charge >= 0.3 is 0 Å². The third-order valence-corrected chi connectivity index (χ3v) is 3.68. The predicted octanol–water partition coefficient (Wildman–Crippen LogP) is 1.08. The van der Waals surface area contributed by atoms with Crippen LogP contribution in [0.5, 0.6) is 0 Å². The van der Waals surface area contributed by atoms with E-state index in [9.17, 15) is 4.79 Å². The van der Waals surface area contributed by atoms with E-state index in [1.54, 1.807) is 0 Å². The average Bonchev–Trinajstić information content (AvgIpc) is 2.59. The molecule has 0 spiro atoms. The van der Waals surface area contributed by atoms with Crippen molar-refractivity contribution >= 4 is 22.4 Å². The van der Waals surface area contributed by atoms with Gasteiger partial charge in [-0.1, -0.05) is 0 Å². The van der Waals surface area contributed by atoms with Crippen LogP contribution in [0.15, 0.2) is 0 Å². The minimum atomic E-state index is -0.0348. The highest BCUT2D eigenvalue weighted by Crippen LogP contribution is 2.21. The molecule has 1 aliphatic heterocycles. The quantitative estimate of drug-likeness (QED) is 0.848. The Morgan fingerprint density at radius 1 is 1.65 bits per heavy atom. The first-order valence-corrected chi connectivity index (χ1v) is 6.53. The lowest BCUT2D eigenvalue weighted by molar-refractivity contribution is -0.119. The maximum absolute atomic E-state index is 11.7. The monoisotopic (exact) mass is 255 g/mol. The molecule has 0 aromatic carbocycles. The Labute approximate surface area is 105 Å². The van der Waals surface area contributed by atoms with Gasteiger partial charge in [0.15, 0.2) is 5.13 Å². The summed E-state index contributed by atoms with van der Waals surface area (Å²) in [7, 11) is 0. The van der Waals surface area contributed by atoms with Crippen LogP contribution in [0.4, 0.5) is 5.13 Å². The Kier molecular flexibility index (Phi) is 4.09. The number of amides is 1. The SMILES string of the molecule is Cc1nc(NC(=O)CC2CNCCO2)sc1C. The lowest BCUT2D eigenvalue weighted by atomic mass is 10.2. The Morgan fingerprint density at radius 3 is 3.06 bits per heavy atom. The van der Waals surface area contributed by atoms with Gasteiger partial charge in [-0.2, -0.15) is 0 Å². The zero-order valence-electron chi connectivity index (χ0n) is 10.1. The van der Waals surface area contributed by atoms with Crippen molar-refractivity contribution < 1.29 is 9.53 Å². The van der Waals surface area contributed by atoms with E-state index in [0.717, 1.165) is 23.7 Å². The summed E-state index contributed by atoms with van der Waals surface area (Å²) in [4.78, 5) is 17.2. The van der Waals surface area contributed by atoms with Crippen molar-refractivity contribution in [3.63, 3.8) is 0 Å². The molecule has 1 aromatic rings. The summed E-state index contributed by atoms with van der Waals surface area (Å²) in [5.41, 5.74) is 0.973. The molecule has 1 fully saturated rings. The highest BCUT2D eigenvalue weighted by molar-refractivity contribution is 7.15. The fourth-order valence-corrected chi connectivity index (χ4v) is 2.48. The maximum Gasteiger partial charge on any atom is 0.228 e. The molecular formula is C11H17N3O2S. The van der Waals surface area contributed by atoms with Crippen LogP contribution in [-0.2, 0) is 9.53 Å². The van der Waals surface area contributed by atoms with Crippen LogP contribution < -0.4 is 10.6 Å². The summed E-state index contributed by atoms with van der Waals surface area (Å²) in [6.45, 7) is 6.21. The van der Waals surface area contributed by atoms with Crippen molar-refractivity contribution in [1.82, 2.24) is 10.3 Å². The smallest absolute Gasteiger partial charge is 0.228 e. The number of nitrogens with zero attached hydrogens (tertiary/aromatic N) is 1. The second kappa shape index (κ2) is 5.57. The number of ether oxygens (including phenoxy) is 1. The molecule has 1 saturated heterocycles. The molecule has 1 amide bonds. The van der Waals surface area contributed by atoms with E-state index in [4.69, 9.17) is 4.74 Å². The van der Waals surface area contributed by atoms with E-state index < -0.39 is 0 Å². The fraction of sp³-hybridized carbons (Fsp3) is 0.636. The van der Waals surface area contributed by atoms with E-state index >= 15 is 0 Å². The third kappa shape index (κ3) is 3.49. The molecular weight excluding hydrogens is 238 g/mol. The summed E-state index contributed by atoms with van der Waals surface area (Å²) < 4.78 is 5.47. The summed E-state index contributed by atoms with van der Waals surface area (Å²) in [6, 6.07) is 0. The summed E-state index contributed by atoms with van der Waals surface area (Å²) in [6.07, 6.45) is 0.357. The van der Waals surface area contributed by atoms with Gasteiger partial charge < -0.3 is 15.4 Å². The largest absolute Gasteiger partial charge is 0.375 e. The number of morpholine rings is 1. The molecule has 1 atom stereocenters. The van der Waals surface area contributed by atoms with E-state index in [1.165, 1.54) is 11.3 Å². The second-order valence-corrected chi connectivity index (χ2v) is 5.31. The average molecular weight is 255 g/mol. The van der Waals surface area contributed by atoms with Gasteiger partial charge in [0, 0.05) is 18.0 Å². The van der Waals surface area contributed by atoms with Gasteiger partial charge in [0.05, 0.1) is 24.8 Å². The highest BCUT2D eigenvalue weighted by Gasteiger charge is 2.18. The van der Waals surface area contributed by atoms with Gasteiger partial charge in [-0.15, -0.1) is 11.3 Å². The normalized spacial score (nSPS) is 20.2. The van der Waals surface area contributed by atoms with Gasteiger partial charge in [-0.25, -0.2) is 4.98 Å². The maximum atomic E-state index is 11.7. The molecule has 0 bridgehead atoms. The third-order valence-electron chi connectivity index (χ3n) is 2.69. The minimum absolute atomic E-state index is 0.0223. The van der Waals surface area contributed by atoms with Crippen molar-refractivity contribution in [2.75, 3.05) is 25.0 Å². The molecule has 1 aliphatic rings. The minimum Gasteiger partial charge on any atom is -0.375 e. The lowest BCUT2D eigenvalue weighted by Gasteiger charge is -2.22. The predicted molar refractivity (Wildman–Crippen MR) is 67.4 cm³/mol. The lowest BCUT2D eigenvalue weighted by Crippen LogP contribution is -2.40. The Bertz CT molecular complexity index is 380. The van der Waals surface area contributed by atoms with Crippen LogP contribution in [0.1, 0.15) is 17.0 Å². The Balaban J connectivity index is 1.84. The van der Waals surface area contributed by atoms with Crippen LogP contribution >= 0.6 is 11.3 Å². The van der Waals surface area contributed by atoms with E-state index in [2.05, 4.69) is 15.6 Å². The summed E-state index contributed by atoms with van der Waals surface area (Å²) in [5, 5.41) is 6.69. The van der Waals surface area contributed by atoms with Crippen LogP contribution in [0, 0.1) is 13.8 Å². The van der Waals surface area contributed by atoms with Gasteiger partial charge in [0.1, 0.15) is 0 Å². The number of anilines is 1. The summed E-state index contributed by atoms with van der Waals surface area (Å²) >= 11 is 1.51. The van der Waals surface area contributed by atoms with Crippen molar-refractivity contribution in [3.8, 4) is 0 Å². The van der Waals surface area contributed by atoms with E-state index in [-0.39, 0.29) is 12.0 Å². The van der Waals surface area contributed by atoms with Crippen LogP contribution in [-0.4, -0.2) is 36.7 Å². The molecule has 1 unspecified atom stereocenters. The number of carbonyl (C=O) groups excluding carboxylic acids is 1. The number of hydrogen-bond donors (Lipinski definition) is 2. The van der Waals surface area contributed by atoms with Crippen molar-refractivity contribution in [2.45, 2.75) is 26.4 Å². The van der Waals surface area contributed by atoms with Gasteiger partial charge in [0.2, 0.25) is 5.91 Å².